The summed E-state index contributed by atoms with van der Waals surface area (Å²) in [5.41, 5.74) is 0.846. The number of ketones is 1. The molecule has 4 saturated carbocycles. The Labute approximate surface area is 191 Å². The predicted molar refractivity (Wildman–Crippen MR) is 124 cm³/mol. The summed E-state index contributed by atoms with van der Waals surface area (Å²) in [6.07, 6.45) is 14.6. The van der Waals surface area contributed by atoms with Gasteiger partial charge in [0.2, 0.25) is 0 Å². The SMILES string of the molecule is C=C1C[C@@H]2[C@@H](CC[C@@]3(C)[C@H]2CCC3(O)C(CC(=O)O)C2CCCC2)[C@@]2(C)C=CC(=O)C=C12. The largest absolute Gasteiger partial charge is 0.481 e. The highest BCUT2D eigenvalue weighted by atomic mass is 16.4. The monoisotopic (exact) mass is 438 g/mol. The number of rotatable bonds is 4. The molecule has 4 nitrogen and oxygen atoms in total. The molecule has 2 N–H and O–H groups in total. The van der Waals surface area contributed by atoms with E-state index in [9.17, 15) is 19.8 Å². The van der Waals surface area contributed by atoms with Gasteiger partial charge in [0.15, 0.2) is 5.78 Å². The lowest BCUT2D eigenvalue weighted by Gasteiger charge is -2.59. The minimum atomic E-state index is -0.910. The van der Waals surface area contributed by atoms with Crippen LogP contribution in [-0.4, -0.2) is 27.6 Å². The fourth-order valence-electron chi connectivity index (χ4n) is 9.14. The van der Waals surface area contributed by atoms with Crippen molar-refractivity contribution >= 4 is 11.8 Å². The van der Waals surface area contributed by atoms with E-state index in [-0.39, 0.29) is 29.0 Å². The van der Waals surface area contributed by atoms with Crippen LogP contribution in [0.5, 0.6) is 0 Å². The number of carbonyl (C=O) groups is 2. The van der Waals surface area contributed by atoms with Crippen LogP contribution in [0.15, 0.2) is 36.0 Å². The molecule has 0 aromatic carbocycles. The Morgan fingerprint density at radius 1 is 1.16 bits per heavy atom. The standard InChI is InChI=1S/C28H38O4/c1-17-14-20-21(26(2)11-8-19(29)15-23(17)26)9-12-27(3)22(20)10-13-28(27,32)24(16-25(30)31)18-6-4-5-7-18/h8,11,15,18,20-22,24,32H,1,4-7,9-10,12-14,16H2,2-3H3,(H,30,31)/t20-,21-,22+,24?,26-,27+,28?/m1/s1. The first-order chi connectivity index (χ1) is 15.1. The molecule has 0 heterocycles. The van der Waals surface area contributed by atoms with Crippen molar-refractivity contribution in [1.82, 2.24) is 0 Å². The first kappa shape index (κ1) is 22.1. The van der Waals surface area contributed by atoms with E-state index in [1.807, 2.05) is 0 Å². The molecule has 7 atom stereocenters. The molecule has 32 heavy (non-hydrogen) atoms. The fourth-order valence-corrected chi connectivity index (χ4v) is 9.14. The van der Waals surface area contributed by atoms with Crippen molar-refractivity contribution in [1.29, 1.82) is 0 Å². The summed E-state index contributed by atoms with van der Waals surface area (Å²) >= 11 is 0. The maximum atomic E-state index is 12.3. The predicted octanol–water partition coefficient (Wildman–Crippen LogP) is 5.47. The molecule has 0 amide bonds. The van der Waals surface area contributed by atoms with Gasteiger partial charge in [0.1, 0.15) is 0 Å². The van der Waals surface area contributed by atoms with E-state index in [2.05, 4.69) is 26.5 Å². The van der Waals surface area contributed by atoms with Crippen molar-refractivity contribution < 1.29 is 19.8 Å². The van der Waals surface area contributed by atoms with Gasteiger partial charge in [-0.2, -0.15) is 0 Å². The van der Waals surface area contributed by atoms with Gasteiger partial charge >= 0.3 is 5.97 Å². The van der Waals surface area contributed by atoms with E-state index in [0.717, 1.165) is 62.5 Å². The Kier molecular flexibility index (Phi) is 5.13. The third kappa shape index (κ3) is 2.97. The smallest absolute Gasteiger partial charge is 0.303 e. The van der Waals surface area contributed by atoms with Crippen molar-refractivity contribution in [2.24, 2.45) is 40.4 Å². The molecule has 4 heteroatoms. The Bertz CT molecular complexity index is 908. The third-order valence-corrected chi connectivity index (χ3v) is 10.7. The van der Waals surface area contributed by atoms with Crippen molar-refractivity contribution in [2.75, 3.05) is 0 Å². The molecular formula is C28H38O4. The summed E-state index contributed by atoms with van der Waals surface area (Å²) in [4.78, 5) is 24.0. The number of allylic oxidation sites excluding steroid dienone is 5. The van der Waals surface area contributed by atoms with Gasteiger partial charge in [0, 0.05) is 11.3 Å². The summed E-state index contributed by atoms with van der Waals surface area (Å²) in [5, 5.41) is 22.1. The van der Waals surface area contributed by atoms with Gasteiger partial charge in [-0.1, -0.05) is 57.8 Å². The second-order valence-corrected chi connectivity index (χ2v) is 11.9. The topological polar surface area (TPSA) is 74.6 Å². The Balaban J connectivity index is 1.50. The van der Waals surface area contributed by atoms with E-state index in [1.165, 1.54) is 0 Å². The average molecular weight is 439 g/mol. The number of carboxylic acid groups (broad SMARTS) is 1. The molecule has 2 unspecified atom stereocenters. The van der Waals surface area contributed by atoms with Crippen LogP contribution in [0.3, 0.4) is 0 Å². The van der Waals surface area contributed by atoms with E-state index < -0.39 is 11.6 Å². The summed E-state index contributed by atoms with van der Waals surface area (Å²) in [7, 11) is 0. The van der Waals surface area contributed by atoms with Crippen LogP contribution in [0.2, 0.25) is 0 Å². The lowest BCUT2D eigenvalue weighted by atomic mass is 9.45. The van der Waals surface area contributed by atoms with Gasteiger partial charge in [-0.25, -0.2) is 0 Å². The highest BCUT2D eigenvalue weighted by Gasteiger charge is 2.66. The van der Waals surface area contributed by atoms with Crippen LogP contribution >= 0.6 is 0 Å². The number of hydrogen-bond donors (Lipinski definition) is 2. The molecule has 5 aliphatic carbocycles. The average Bonchev–Trinajstić information content (AvgIpc) is 3.35. The first-order valence-electron chi connectivity index (χ1n) is 12.7. The lowest BCUT2D eigenvalue weighted by Crippen LogP contribution is -2.58. The third-order valence-electron chi connectivity index (χ3n) is 10.7. The number of hydrogen-bond acceptors (Lipinski definition) is 3. The normalized spacial score (nSPS) is 44.6. The molecule has 0 aromatic rings. The van der Waals surface area contributed by atoms with Gasteiger partial charge in [-0.05, 0) is 78.9 Å². The van der Waals surface area contributed by atoms with E-state index in [0.29, 0.717) is 30.1 Å². The number of aliphatic carboxylic acids is 1. The fraction of sp³-hybridized carbons (Fsp3) is 0.714. The van der Waals surface area contributed by atoms with Gasteiger partial charge in [-0.15, -0.1) is 0 Å². The molecule has 0 aromatic heterocycles. The number of carbonyl (C=O) groups excluding carboxylic acids is 1. The molecule has 0 aliphatic heterocycles. The lowest BCUT2D eigenvalue weighted by molar-refractivity contribution is -0.169. The maximum absolute atomic E-state index is 12.3. The summed E-state index contributed by atoms with van der Waals surface area (Å²) < 4.78 is 0. The molecule has 4 fully saturated rings. The second kappa shape index (κ2) is 7.41. The van der Waals surface area contributed by atoms with Crippen molar-refractivity contribution in [2.45, 2.75) is 83.7 Å². The minimum absolute atomic E-state index is 0.0565. The molecule has 0 saturated heterocycles. The second-order valence-electron chi connectivity index (χ2n) is 11.9. The van der Waals surface area contributed by atoms with Gasteiger partial charge in [0.05, 0.1) is 12.0 Å². The van der Waals surface area contributed by atoms with Crippen LogP contribution in [0.4, 0.5) is 0 Å². The zero-order valence-electron chi connectivity index (χ0n) is 19.6. The minimum Gasteiger partial charge on any atom is -0.481 e. The van der Waals surface area contributed by atoms with Crippen LogP contribution in [-0.2, 0) is 9.59 Å². The van der Waals surface area contributed by atoms with Crippen LogP contribution < -0.4 is 0 Å². The van der Waals surface area contributed by atoms with Gasteiger partial charge in [0.25, 0.3) is 0 Å². The van der Waals surface area contributed by atoms with E-state index in [4.69, 9.17) is 0 Å². The van der Waals surface area contributed by atoms with Crippen LogP contribution in [0, 0.1) is 40.4 Å². The van der Waals surface area contributed by atoms with Gasteiger partial charge in [-0.3, -0.25) is 9.59 Å². The summed E-state index contributed by atoms with van der Waals surface area (Å²) in [6, 6.07) is 0. The maximum Gasteiger partial charge on any atom is 0.303 e. The van der Waals surface area contributed by atoms with Crippen LogP contribution in [0.1, 0.15) is 78.1 Å². The molecule has 174 valence electrons. The molecule has 0 spiro atoms. The Hall–Kier alpha value is -1.68. The van der Waals surface area contributed by atoms with Crippen molar-refractivity contribution in [3.8, 4) is 0 Å². The van der Waals surface area contributed by atoms with E-state index >= 15 is 0 Å². The first-order valence-corrected chi connectivity index (χ1v) is 12.7. The Morgan fingerprint density at radius 3 is 2.53 bits per heavy atom. The molecule has 0 radical (unpaired) electrons. The van der Waals surface area contributed by atoms with E-state index in [1.54, 1.807) is 12.2 Å². The number of fused-ring (bicyclic) bond motifs is 5. The molecular weight excluding hydrogens is 400 g/mol. The zero-order chi connectivity index (χ0) is 22.9. The molecule has 5 aliphatic rings. The quantitative estimate of drug-likeness (QED) is 0.610. The molecule has 0 bridgehead atoms. The van der Waals surface area contributed by atoms with Crippen LogP contribution in [0.25, 0.3) is 0 Å². The number of aliphatic hydroxyl groups is 1. The van der Waals surface area contributed by atoms with Gasteiger partial charge < -0.3 is 10.2 Å². The Morgan fingerprint density at radius 2 is 1.84 bits per heavy atom. The summed E-state index contributed by atoms with van der Waals surface area (Å²) in [6.45, 7) is 8.91. The summed E-state index contributed by atoms with van der Waals surface area (Å²) in [5.74, 6) is 0.675. The molecule has 5 rings (SSSR count). The number of carboxylic acids is 1. The van der Waals surface area contributed by atoms with Crippen molar-refractivity contribution in [3.05, 3.63) is 36.0 Å². The van der Waals surface area contributed by atoms with Crippen molar-refractivity contribution in [3.63, 3.8) is 0 Å². The highest BCUT2D eigenvalue weighted by Crippen LogP contribution is 2.69. The zero-order valence-corrected chi connectivity index (χ0v) is 19.6. The highest BCUT2D eigenvalue weighted by molar-refractivity contribution is 6.01.